The Bertz CT molecular complexity index is 933. The Morgan fingerprint density at radius 1 is 0.893 bits per heavy atom. The molecule has 1 atom stereocenters. The number of amides is 1. The van der Waals surface area contributed by atoms with Gasteiger partial charge >= 0.3 is 0 Å². The van der Waals surface area contributed by atoms with Gasteiger partial charge in [0, 0.05) is 12.2 Å². The molecule has 0 heterocycles. The molecule has 0 fully saturated rings. The summed E-state index contributed by atoms with van der Waals surface area (Å²) in [6.45, 7) is 6.81. The molecule has 2 N–H and O–H groups in total. The molecule has 0 aromatic heterocycles. The van der Waals surface area contributed by atoms with Gasteiger partial charge in [0.2, 0.25) is 5.91 Å². The summed E-state index contributed by atoms with van der Waals surface area (Å²) in [5.74, 6) is -0.0819. The molecule has 0 saturated heterocycles. The van der Waals surface area contributed by atoms with Gasteiger partial charge in [-0.2, -0.15) is 0 Å². The van der Waals surface area contributed by atoms with Crippen LogP contribution in [-0.4, -0.2) is 12.5 Å². The molecule has 0 aliphatic heterocycles. The number of nitrogens with zero attached hydrogens (tertiary/aromatic N) is 1. The Balaban J connectivity index is 1.87. The molecule has 3 heteroatoms. The minimum Gasteiger partial charge on any atom is -0.316 e. The summed E-state index contributed by atoms with van der Waals surface area (Å²) in [6, 6.07) is 23.5. The van der Waals surface area contributed by atoms with Crippen LogP contribution in [0.25, 0.3) is 0 Å². The summed E-state index contributed by atoms with van der Waals surface area (Å²) in [5.41, 5.74) is 12.9. The van der Waals surface area contributed by atoms with E-state index < -0.39 is 6.04 Å². The van der Waals surface area contributed by atoms with Crippen molar-refractivity contribution < 1.29 is 4.79 Å². The van der Waals surface area contributed by atoms with Crippen LogP contribution in [0.15, 0.2) is 72.8 Å². The molecule has 0 saturated carbocycles. The largest absolute Gasteiger partial charge is 0.316 e. The predicted molar refractivity (Wildman–Crippen MR) is 117 cm³/mol. The Morgan fingerprint density at radius 2 is 1.57 bits per heavy atom. The molecule has 1 unspecified atom stereocenters. The molecule has 0 radical (unpaired) electrons. The number of benzene rings is 3. The normalized spacial score (nSPS) is 11.9. The summed E-state index contributed by atoms with van der Waals surface area (Å²) in [5, 5.41) is 0. The van der Waals surface area contributed by atoms with E-state index in [-0.39, 0.29) is 5.91 Å². The molecule has 0 spiro atoms. The van der Waals surface area contributed by atoms with Crippen LogP contribution < -0.4 is 10.6 Å². The third-order valence-electron chi connectivity index (χ3n) is 5.24. The monoisotopic (exact) mass is 372 g/mol. The van der Waals surface area contributed by atoms with E-state index in [2.05, 4.69) is 57.2 Å². The van der Waals surface area contributed by atoms with Crippen molar-refractivity contribution in [1.82, 2.24) is 0 Å². The van der Waals surface area contributed by atoms with E-state index in [0.717, 1.165) is 17.7 Å². The number of aryl methyl sites for hydroxylation is 3. The summed E-state index contributed by atoms with van der Waals surface area (Å²) < 4.78 is 0. The second-order valence-corrected chi connectivity index (χ2v) is 7.38. The number of carbonyl (C=O) groups excluding carboxylic acids is 1. The highest BCUT2D eigenvalue weighted by Crippen LogP contribution is 2.23. The van der Waals surface area contributed by atoms with E-state index in [1.54, 1.807) is 0 Å². The summed E-state index contributed by atoms with van der Waals surface area (Å²) in [4.78, 5) is 15.1. The zero-order valence-electron chi connectivity index (χ0n) is 16.9. The molecule has 3 nitrogen and oxygen atoms in total. The zero-order chi connectivity index (χ0) is 20.1. The molecule has 1 amide bonds. The van der Waals surface area contributed by atoms with Crippen LogP contribution >= 0.6 is 0 Å². The highest BCUT2D eigenvalue weighted by atomic mass is 16.2. The third-order valence-corrected chi connectivity index (χ3v) is 5.24. The lowest BCUT2D eigenvalue weighted by atomic mass is 10.0. The molecule has 3 aromatic rings. The molecule has 3 aromatic carbocycles. The van der Waals surface area contributed by atoms with E-state index in [0.29, 0.717) is 6.54 Å². The van der Waals surface area contributed by atoms with Gasteiger partial charge in [-0.1, -0.05) is 66.2 Å². The smallest absolute Gasteiger partial charge is 0.248 e. The van der Waals surface area contributed by atoms with Gasteiger partial charge in [0.05, 0.1) is 0 Å². The van der Waals surface area contributed by atoms with E-state index in [4.69, 9.17) is 5.73 Å². The van der Waals surface area contributed by atoms with Crippen LogP contribution in [0.2, 0.25) is 0 Å². The quantitative estimate of drug-likeness (QED) is 0.670. The molecule has 0 aliphatic carbocycles. The Labute approximate surface area is 167 Å². The fraction of sp³-hybridized carbons (Fsp3) is 0.240. The molecular weight excluding hydrogens is 344 g/mol. The van der Waals surface area contributed by atoms with E-state index in [1.165, 1.54) is 22.3 Å². The van der Waals surface area contributed by atoms with Crippen LogP contribution in [0, 0.1) is 20.8 Å². The minimum absolute atomic E-state index is 0.0819. The maximum Gasteiger partial charge on any atom is 0.248 e. The van der Waals surface area contributed by atoms with E-state index >= 15 is 0 Å². The first-order chi connectivity index (χ1) is 13.5. The van der Waals surface area contributed by atoms with Crippen LogP contribution in [0.5, 0.6) is 0 Å². The third kappa shape index (κ3) is 4.68. The molecule has 3 rings (SSSR count). The lowest BCUT2D eigenvalue weighted by Crippen LogP contribution is -2.40. The van der Waals surface area contributed by atoms with Gasteiger partial charge in [0.1, 0.15) is 6.04 Å². The number of hydrogen-bond donors (Lipinski definition) is 1. The molecule has 28 heavy (non-hydrogen) atoms. The van der Waals surface area contributed by atoms with Crippen molar-refractivity contribution in [3.63, 3.8) is 0 Å². The maximum absolute atomic E-state index is 13.3. The Morgan fingerprint density at radius 3 is 2.21 bits per heavy atom. The second-order valence-electron chi connectivity index (χ2n) is 7.38. The highest BCUT2D eigenvalue weighted by Gasteiger charge is 2.24. The molecule has 0 aliphatic rings. The fourth-order valence-electron chi connectivity index (χ4n) is 3.23. The average Bonchev–Trinajstić information content (AvgIpc) is 2.72. The van der Waals surface area contributed by atoms with Crippen molar-refractivity contribution >= 4 is 11.6 Å². The van der Waals surface area contributed by atoms with Crippen molar-refractivity contribution in [2.24, 2.45) is 5.73 Å². The van der Waals surface area contributed by atoms with E-state index in [1.807, 2.05) is 41.3 Å². The predicted octanol–water partition coefficient (Wildman–Crippen LogP) is 4.89. The lowest BCUT2D eigenvalue weighted by molar-refractivity contribution is -0.120. The summed E-state index contributed by atoms with van der Waals surface area (Å²) in [7, 11) is 0. The average molecular weight is 373 g/mol. The number of nitrogens with two attached hydrogens (primary N) is 1. The topological polar surface area (TPSA) is 46.3 Å². The first-order valence-electron chi connectivity index (χ1n) is 9.70. The van der Waals surface area contributed by atoms with Crippen molar-refractivity contribution in [3.05, 3.63) is 101 Å². The van der Waals surface area contributed by atoms with Crippen molar-refractivity contribution in [2.75, 3.05) is 11.4 Å². The molecular formula is C25H28N2O. The molecule has 144 valence electrons. The first-order valence-corrected chi connectivity index (χ1v) is 9.70. The fourth-order valence-corrected chi connectivity index (χ4v) is 3.23. The Kier molecular flexibility index (Phi) is 6.27. The highest BCUT2D eigenvalue weighted by molar-refractivity contribution is 5.97. The van der Waals surface area contributed by atoms with Gasteiger partial charge in [0.15, 0.2) is 0 Å². The van der Waals surface area contributed by atoms with Gasteiger partial charge in [-0.05, 0) is 61.6 Å². The van der Waals surface area contributed by atoms with Gasteiger partial charge in [0.25, 0.3) is 0 Å². The summed E-state index contributed by atoms with van der Waals surface area (Å²) in [6.07, 6.45) is 0.778. The van der Waals surface area contributed by atoms with Gasteiger partial charge in [-0.15, -0.1) is 0 Å². The van der Waals surface area contributed by atoms with Crippen molar-refractivity contribution in [1.29, 1.82) is 0 Å². The zero-order valence-corrected chi connectivity index (χ0v) is 16.9. The standard InChI is InChI=1S/C25H28N2O/c1-18-9-12-21(13-10-18)15-16-27(23-14-11-19(2)20(3)17-23)25(28)24(26)22-7-5-4-6-8-22/h4-14,17,24H,15-16,26H2,1-3H3. The van der Waals surface area contributed by atoms with Crippen LogP contribution in [0.3, 0.4) is 0 Å². The maximum atomic E-state index is 13.3. The van der Waals surface area contributed by atoms with Crippen LogP contribution in [0.4, 0.5) is 5.69 Å². The van der Waals surface area contributed by atoms with Gasteiger partial charge < -0.3 is 10.6 Å². The van der Waals surface area contributed by atoms with Crippen molar-refractivity contribution in [2.45, 2.75) is 33.2 Å². The number of hydrogen-bond acceptors (Lipinski definition) is 2. The Hall–Kier alpha value is -2.91. The molecule has 0 bridgehead atoms. The second kappa shape index (κ2) is 8.85. The number of carbonyl (C=O) groups is 1. The first kappa shape index (κ1) is 19.8. The van der Waals surface area contributed by atoms with Crippen molar-refractivity contribution in [3.8, 4) is 0 Å². The van der Waals surface area contributed by atoms with E-state index in [9.17, 15) is 4.79 Å². The minimum atomic E-state index is -0.680. The van der Waals surface area contributed by atoms with Gasteiger partial charge in [-0.3, -0.25) is 4.79 Å². The summed E-state index contributed by atoms with van der Waals surface area (Å²) >= 11 is 0. The van der Waals surface area contributed by atoms with Crippen LogP contribution in [0.1, 0.15) is 33.9 Å². The SMILES string of the molecule is Cc1ccc(CCN(C(=O)C(N)c2ccccc2)c2ccc(C)c(C)c2)cc1. The van der Waals surface area contributed by atoms with Crippen LogP contribution in [-0.2, 0) is 11.2 Å². The number of rotatable bonds is 6. The lowest BCUT2D eigenvalue weighted by Gasteiger charge is -2.27. The number of anilines is 1. The van der Waals surface area contributed by atoms with Gasteiger partial charge in [-0.25, -0.2) is 0 Å².